The number of carbonyl (C=O) groups excluding carboxylic acids is 1. The van der Waals surface area contributed by atoms with Crippen molar-refractivity contribution >= 4 is 13.8 Å². The van der Waals surface area contributed by atoms with Gasteiger partial charge in [-0.15, -0.1) is 0 Å². The van der Waals surface area contributed by atoms with Crippen molar-refractivity contribution < 1.29 is 58.3 Å². The molecule has 0 heterocycles. The molecule has 368 valence electrons. The van der Waals surface area contributed by atoms with Crippen LogP contribution in [0.4, 0.5) is 0 Å². The molecule has 6 atom stereocenters. The molecule has 0 spiro atoms. The standard InChI is InChI=1S/C50H91O12P/c1-3-5-7-9-11-13-15-17-18-19-20-21-22-23-24-25-26-27-29-31-33-35-37-39-44(51)61-43(41-59-40-38-36-34-32-30-28-16-14-12-10-8-6-4-2)42-60-63(57,58)62-50-48(55)46(53)45(52)47(54)49(50)56/h12,14-15,17,19-20,22-23,43,45-50,52-56H,3-11,13,16,18,21,24-42H2,1-2H3,(H,57,58)/b14-12-,17-15-,20-19-,23-22-. The van der Waals surface area contributed by atoms with E-state index in [1.807, 2.05) is 0 Å². The number of phosphoric acid groups is 1. The van der Waals surface area contributed by atoms with Crippen LogP contribution in [-0.4, -0.2) is 98.9 Å². The van der Waals surface area contributed by atoms with Gasteiger partial charge in [-0.1, -0.05) is 165 Å². The van der Waals surface area contributed by atoms with E-state index in [1.54, 1.807) is 0 Å². The SMILES string of the molecule is CCCCC/C=C\CCCCCCCCOCC(COP(=O)(O)OC1C(O)C(O)C(O)C(O)C1O)OC(=O)CCCCCCCCCC/C=C\C/C=C\C/C=C\CCCCCCC. The fourth-order valence-corrected chi connectivity index (χ4v) is 8.39. The Hall–Kier alpha value is -1.70. The molecule has 13 heteroatoms. The first-order valence-electron chi connectivity index (χ1n) is 25.0. The number of rotatable bonds is 42. The zero-order valence-electron chi connectivity index (χ0n) is 39.4. The molecule has 0 amide bonds. The van der Waals surface area contributed by atoms with E-state index in [-0.39, 0.29) is 13.0 Å². The van der Waals surface area contributed by atoms with Gasteiger partial charge in [-0.2, -0.15) is 0 Å². The molecule has 1 saturated carbocycles. The lowest BCUT2D eigenvalue weighted by Gasteiger charge is -2.41. The van der Waals surface area contributed by atoms with Gasteiger partial charge in [0.15, 0.2) is 0 Å². The van der Waals surface area contributed by atoms with Gasteiger partial charge in [-0.3, -0.25) is 13.8 Å². The third-order valence-electron chi connectivity index (χ3n) is 11.4. The van der Waals surface area contributed by atoms with E-state index in [9.17, 15) is 39.8 Å². The fraction of sp³-hybridized carbons (Fsp3) is 0.820. The number of aliphatic hydroxyl groups is 5. The van der Waals surface area contributed by atoms with Crippen molar-refractivity contribution in [2.75, 3.05) is 19.8 Å². The summed E-state index contributed by atoms with van der Waals surface area (Å²) in [5.74, 6) is -0.487. The van der Waals surface area contributed by atoms with Crippen LogP contribution < -0.4 is 0 Å². The summed E-state index contributed by atoms with van der Waals surface area (Å²) in [6.45, 7) is 4.21. The molecule has 0 aromatic rings. The van der Waals surface area contributed by atoms with E-state index < -0.39 is 63.1 Å². The number of hydrogen-bond donors (Lipinski definition) is 6. The Morgan fingerprint density at radius 2 is 0.889 bits per heavy atom. The Morgan fingerprint density at radius 1 is 0.508 bits per heavy atom. The molecule has 1 fully saturated rings. The van der Waals surface area contributed by atoms with Crippen molar-refractivity contribution in [1.29, 1.82) is 0 Å². The zero-order chi connectivity index (χ0) is 46.2. The van der Waals surface area contributed by atoms with E-state index in [4.69, 9.17) is 18.5 Å². The number of allylic oxidation sites excluding steroid dienone is 8. The molecule has 0 aliphatic heterocycles. The summed E-state index contributed by atoms with van der Waals surface area (Å²) < 4.78 is 34.2. The summed E-state index contributed by atoms with van der Waals surface area (Å²) >= 11 is 0. The normalized spacial score (nSPS) is 22.2. The van der Waals surface area contributed by atoms with Gasteiger partial charge >= 0.3 is 13.8 Å². The second-order valence-corrected chi connectivity index (χ2v) is 18.7. The second kappa shape index (κ2) is 40.6. The van der Waals surface area contributed by atoms with E-state index in [0.717, 1.165) is 77.0 Å². The van der Waals surface area contributed by atoms with E-state index >= 15 is 0 Å². The van der Waals surface area contributed by atoms with Crippen LogP contribution in [0.2, 0.25) is 0 Å². The van der Waals surface area contributed by atoms with Gasteiger partial charge in [0.05, 0.1) is 13.2 Å². The molecule has 1 aliphatic carbocycles. The lowest BCUT2D eigenvalue weighted by atomic mass is 9.85. The van der Waals surface area contributed by atoms with Crippen LogP contribution in [0.1, 0.15) is 200 Å². The summed E-state index contributed by atoms with van der Waals surface area (Å²) in [5.41, 5.74) is 0. The maximum atomic E-state index is 12.8. The van der Waals surface area contributed by atoms with Gasteiger partial charge in [0.2, 0.25) is 0 Å². The molecule has 0 saturated heterocycles. The first-order valence-corrected chi connectivity index (χ1v) is 26.5. The number of unbranched alkanes of at least 4 members (excludes halogenated alkanes) is 22. The van der Waals surface area contributed by atoms with E-state index in [2.05, 4.69) is 62.5 Å². The Kier molecular flexibility index (Phi) is 38.2. The highest BCUT2D eigenvalue weighted by Gasteiger charge is 2.51. The van der Waals surface area contributed by atoms with Gasteiger partial charge in [-0.05, 0) is 77.0 Å². The maximum absolute atomic E-state index is 12.8. The van der Waals surface area contributed by atoms with E-state index in [1.165, 1.54) is 96.3 Å². The summed E-state index contributed by atoms with van der Waals surface area (Å²) in [7, 11) is -5.02. The zero-order valence-corrected chi connectivity index (χ0v) is 40.3. The van der Waals surface area contributed by atoms with Crippen molar-refractivity contribution in [1.82, 2.24) is 0 Å². The predicted octanol–water partition coefficient (Wildman–Crippen LogP) is 10.8. The molecular formula is C50H91O12P. The molecule has 1 aliphatic rings. The fourth-order valence-electron chi connectivity index (χ4n) is 7.42. The van der Waals surface area contributed by atoms with Gasteiger partial charge in [0.1, 0.15) is 42.7 Å². The number of carbonyl (C=O) groups is 1. The first kappa shape index (κ1) is 59.3. The van der Waals surface area contributed by atoms with Gasteiger partial charge in [0.25, 0.3) is 0 Å². The molecule has 0 aromatic carbocycles. The maximum Gasteiger partial charge on any atom is 0.472 e. The molecule has 6 N–H and O–H groups in total. The van der Waals surface area contributed by atoms with Gasteiger partial charge < -0.3 is 39.9 Å². The topological polar surface area (TPSA) is 192 Å². The summed E-state index contributed by atoms with van der Waals surface area (Å²) in [6, 6.07) is 0. The molecule has 63 heavy (non-hydrogen) atoms. The summed E-state index contributed by atoms with van der Waals surface area (Å²) in [5, 5.41) is 50.2. The molecular weight excluding hydrogens is 824 g/mol. The number of esters is 1. The monoisotopic (exact) mass is 915 g/mol. The third-order valence-corrected chi connectivity index (χ3v) is 12.4. The van der Waals surface area contributed by atoms with Crippen LogP contribution in [0.3, 0.4) is 0 Å². The van der Waals surface area contributed by atoms with Crippen LogP contribution >= 0.6 is 7.82 Å². The number of aliphatic hydroxyl groups excluding tert-OH is 5. The van der Waals surface area contributed by atoms with Crippen LogP contribution in [0, 0.1) is 0 Å². The van der Waals surface area contributed by atoms with Crippen LogP contribution in [0.5, 0.6) is 0 Å². The van der Waals surface area contributed by atoms with Gasteiger partial charge in [-0.25, -0.2) is 4.57 Å². The van der Waals surface area contributed by atoms with Crippen molar-refractivity contribution in [3.05, 3.63) is 48.6 Å². The Labute approximate surface area is 382 Å². The number of ether oxygens (including phenoxy) is 2. The molecule has 6 unspecified atom stereocenters. The highest BCUT2D eigenvalue weighted by Crippen LogP contribution is 2.47. The van der Waals surface area contributed by atoms with Gasteiger partial charge in [0, 0.05) is 13.0 Å². The molecule has 0 radical (unpaired) electrons. The largest absolute Gasteiger partial charge is 0.472 e. The van der Waals surface area contributed by atoms with Crippen LogP contribution in [0.25, 0.3) is 0 Å². The average molecular weight is 915 g/mol. The highest BCUT2D eigenvalue weighted by atomic mass is 31.2. The van der Waals surface area contributed by atoms with Crippen molar-refractivity contribution in [2.24, 2.45) is 0 Å². The lowest BCUT2D eigenvalue weighted by Crippen LogP contribution is -2.64. The van der Waals surface area contributed by atoms with Crippen molar-refractivity contribution in [3.63, 3.8) is 0 Å². The van der Waals surface area contributed by atoms with E-state index in [0.29, 0.717) is 13.0 Å². The Balaban J connectivity index is 2.34. The van der Waals surface area contributed by atoms with Crippen LogP contribution in [0.15, 0.2) is 48.6 Å². The quantitative estimate of drug-likeness (QED) is 0.0147. The number of hydrogen-bond acceptors (Lipinski definition) is 11. The first-order chi connectivity index (χ1) is 30.5. The smallest absolute Gasteiger partial charge is 0.457 e. The second-order valence-electron chi connectivity index (χ2n) is 17.3. The molecule has 12 nitrogen and oxygen atoms in total. The minimum Gasteiger partial charge on any atom is -0.457 e. The highest BCUT2D eigenvalue weighted by molar-refractivity contribution is 7.47. The minimum absolute atomic E-state index is 0.0846. The molecule has 0 bridgehead atoms. The Morgan fingerprint density at radius 3 is 1.40 bits per heavy atom. The lowest BCUT2D eigenvalue weighted by molar-refractivity contribution is -0.220. The predicted molar refractivity (Wildman–Crippen MR) is 253 cm³/mol. The summed E-state index contributed by atoms with van der Waals surface area (Å²) in [4.78, 5) is 23.2. The van der Waals surface area contributed by atoms with Crippen molar-refractivity contribution in [3.8, 4) is 0 Å². The Bertz CT molecular complexity index is 1230. The molecule has 0 aromatic heterocycles. The number of phosphoric ester groups is 1. The molecule has 1 rings (SSSR count). The van der Waals surface area contributed by atoms with Crippen LogP contribution in [-0.2, 0) is 27.9 Å². The minimum atomic E-state index is -5.02. The third kappa shape index (κ3) is 32.6. The summed E-state index contributed by atoms with van der Waals surface area (Å²) in [6.07, 6.45) is 37.5. The van der Waals surface area contributed by atoms with Crippen molar-refractivity contribution in [2.45, 2.75) is 243 Å². The average Bonchev–Trinajstić information content (AvgIpc) is 3.27.